The van der Waals surface area contributed by atoms with Gasteiger partial charge in [-0.2, -0.15) is 0 Å². The molecular formula is C25H24ClN3O3. The van der Waals surface area contributed by atoms with Crippen LogP contribution in [0.1, 0.15) is 29.8 Å². The lowest BCUT2D eigenvalue weighted by Crippen LogP contribution is -2.50. The van der Waals surface area contributed by atoms with Gasteiger partial charge in [-0.3, -0.25) is 19.3 Å². The number of hydrogen-bond acceptors (Lipinski definition) is 3. The molecule has 1 heterocycles. The van der Waals surface area contributed by atoms with Crippen molar-refractivity contribution in [1.29, 1.82) is 0 Å². The summed E-state index contributed by atoms with van der Waals surface area (Å²) in [7, 11) is 0. The largest absolute Gasteiger partial charge is 0.355 e. The van der Waals surface area contributed by atoms with Gasteiger partial charge >= 0.3 is 0 Å². The second-order valence-corrected chi connectivity index (χ2v) is 8.16. The maximum Gasteiger partial charge on any atom is 0.259 e. The Morgan fingerprint density at radius 1 is 1.06 bits per heavy atom. The average molecular weight is 450 g/mol. The van der Waals surface area contributed by atoms with E-state index >= 15 is 0 Å². The number of rotatable bonds is 7. The van der Waals surface area contributed by atoms with Crippen LogP contribution < -0.4 is 10.2 Å². The molecule has 0 saturated heterocycles. The van der Waals surface area contributed by atoms with Gasteiger partial charge in [0.2, 0.25) is 11.8 Å². The smallest absolute Gasteiger partial charge is 0.259 e. The molecule has 0 radical (unpaired) electrons. The van der Waals surface area contributed by atoms with Crippen LogP contribution in [0.5, 0.6) is 0 Å². The molecule has 0 aromatic heterocycles. The zero-order chi connectivity index (χ0) is 22.8. The summed E-state index contributed by atoms with van der Waals surface area (Å²) >= 11 is 6.32. The second kappa shape index (κ2) is 9.01. The monoisotopic (exact) mass is 449 g/mol. The van der Waals surface area contributed by atoms with Crippen molar-refractivity contribution in [3.63, 3.8) is 0 Å². The SMILES string of the molecule is CCNC(=O)[C@@H](C)N(Cc1ccccc1Cl)C(=O)CN1C(=O)c2cccc3cccc1c23. The van der Waals surface area contributed by atoms with Crippen LogP contribution in [0.15, 0.2) is 60.7 Å². The Labute approximate surface area is 191 Å². The Morgan fingerprint density at radius 3 is 2.50 bits per heavy atom. The molecular weight excluding hydrogens is 426 g/mol. The Balaban J connectivity index is 1.64. The minimum absolute atomic E-state index is 0.163. The Bertz CT molecular complexity index is 1200. The Kier molecular flexibility index (Phi) is 6.15. The molecule has 32 heavy (non-hydrogen) atoms. The summed E-state index contributed by atoms with van der Waals surface area (Å²) < 4.78 is 0. The molecule has 0 bridgehead atoms. The first-order valence-electron chi connectivity index (χ1n) is 10.6. The summed E-state index contributed by atoms with van der Waals surface area (Å²) in [5, 5.41) is 5.08. The van der Waals surface area contributed by atoms with Crippen molar-refractivity contribution in [3.05, 3.63) is 76.8 Å². The third kappa shape index (κ3) is 3.94. The van der Waals surface area contributed by atoms with Crippen LogP contribution in [0.4, 0.5) is 5.69 Å². The standard InChI is InChI=1S/C25H24ClN3O3/c1-3-27-24(31)16(2)28(14-18-8-4-5-12-20(18)26)22(30)15-29-21-13-7-10-17-9-6-11-19(23(17)21)25(29)32/h4-13,16H,3,14-15H2,1-2H3,(H,27,31)/t16-/m1/s1. The normalized spacial score (nSPS) is 13.3. The van der Waals surface area contributed by atoms with Crippen LogP contribution in [0.2, 0.25) is 5.02 Å². The van der Waals surface area contributed by atoms with E-state index in [2.05, 4.69) is 5.32 Å². The molecule has 4 rings (SSSR count). The molecule has 7 heteroatoms. The van der Waals surface area contributed by atoms with Gasteiger partial charge in [-0.15, -0.1) is 0 Å². The minimum Gasteiger partial charge on any atom is -0.355 e. The average Bonchev–Trinajstić information content (AvgIpc) is 3.06. The molecule has 3 aromatic carbocycles. The number of nitrogens with zero attached hydrogens (tertiary/aromatic N) is 2. The summed E-state index contributed by atoms with van der Waals surface area (Å²) in [5.74, 6) is -0.804. The van der Waals surface area contributed by atoms with Crippen LogP contribution in [-0.4, -0.2) is 41.8 Å². The molecule has 0 aliphatic carbocycles. The Morgan fingerprint density at radius 2 is 1.78 bits per heavy atom. The van der Waals surface area contributed by atoms with E-state index in [1.807, 2.05) is 55.5 Å². The lowest BCUT2D eigenvalue weighted by atomic mass is 10.1. The van der Waals surface area contributed by atoms with Gasteiger partial charge in [-0.1, -0.05) is 54.1 Å². The number of carbonyl (C=O) groups excluding carboxylic acids is 3. The van der Waals surface area contributed by atoms with Crippen LogP contribution in [0, 0.1) is 0 Å². The lowest BCUT2D eigenvalue weighted by molar-refractivity contribution is -0.139. The molecule has 3 aromatic rings. The van der Waals surface area contributed by atoms with Crippen LogP contribution >= 0.6 is 11.6 Å². The van der Waals surface area contributed by atoms with Crippen molar-refractivity contribution in [2.45, 2.75) is 26.4 Å². The fraction of sp³-hybridized carbons (Fsp3) is 0.240. The number of likely N-dealkylation sites (N-methyl/N-ethyl adjacent to an activating group) is 1. The van der Waals surface area contributed by atoms with E-state index in [9.17, 15) is 14.4 Å². The summed E-state index contributed by atoms with van der Waals surface area (Å²) in [4.78, 5) is 42.1. The molecule has 6 nitrogen and oxygen atoms in total. The van der Waals surface area contributed by atoms with Crippen LogP contribution in [0.3, 0.4) is 0 Å². The molecule has 1 aliphatic rings. The molecule has 0 fully saturated rings. The van der Waals surface area contributed by atoms with Gasteiger partial charge in [0.1, 0.15) is 12.6 Å². The molecule has 1 atom stereocenters. The third-order valence-electron chi connectivity index (χ3n) is 5.76. The topological polar surface area (TPSA) is 69.7 Å². The van der Waals surface area contributed by atoms with E-state index in [1.54, 1.807) is 19.1 Å². The highest BCUT2D eigenvalue weighted by atomic mass is 35.5. The first-order chi connectivity index (χ1) is 15.4. The van der Waals surface area contributed by atoms with E-state index in [0.717, 1.165) is 16.3 Å². The first kappa shape index (κ1) is 21.8. The molecule has 0 saturated carbocycles. The molecule has 0 spiro atoms. The van der Waals surface area contributed by atoms with E-state index in [1.165, 1.54) is 9.80 Å². The fourth-order valence-corrected chi connectivity index (χ4v) is 4.27. The fourth-order valence-electron chi connectivity index (χ4n) is 4.08. The van der Waals surface area contributed by atoms with E-state index < -0.39 is 6.04 Å². The molecule has 3 amide bonds. The zero-order valence-electron chi connectivity index (χ0n) is 18.0. The number of anilines is 1. The van der Waals surface area contributed by atoms with Gasteiger partial charge in [0, 0.05) is 29.1 Å². The highest BCUT2D eigenvalue weighted by molar-refractivity contribution is 6.31. The van der Waals surface area contributed by atoms with Gasteiger partial charge in [0.15, 0.2) is 0 Å². The van der Waals surface area contributed by atoms with Crippen molar-refractivity contribution in [1.82, 2.24) is 10.2 Å². The highest BCUT2D eigenvalue weighted by Crippen LogP contribution is 2.37. The summed E-state index contributed by atoms with van der Waals surface area (Å²) in [5.41, 5.74) is 2.02. The van der Waals surface area contributed by atoms with Crippen molar-refractivity contribution < 1.29 is 14.4 Å². The van der Waals surface area contributed by atoms with Gasteiger partial charge in [-0.05, 0) is 43.0 Å². The number of carbonyl (C=O) groups is 3. The van der Waals surface area contributed by atoms with Crippen molar-refractivity contribution in [3.8, 4) is 0 Å². The van der Waals surface area contributed by atoms with Crippen molar-refractivity contribution in [2.24, 2.45) is 0 Å². The van der Waals surface area contributed by atoms with Gasteiger partial charge in [0.25, 0.3) is 5.91 Å². The zero-order valence-corrected chi connectivity index (χ0v) is 18.7. The highest BCUT2D eigenvalue weighted by Gasteiger charge is 2.34. The number of amides is 3. The second-order valence-electron chi connectivity index (χ2n) is 7.76. The Hall–Kier alpha value is -3.38. The third-order valence-corrected chi connectivity index (χ3v) is 6.13. The molecule has 0 unspecified atom stereocenters. The summed E-state index contributed by atoms with van der Waals surface area (Å²) in [6.07, 6.45) is 0. The summed E-state index contributed by atoms with van der Waals surface area (Å²) in [6.45, 7) is 3.96. The van der Waals surface area contributed by atoms with Gasteiger partial charge < -0.3 is 10.2 Å². The lowest BCUT2D eigenvalue weighted by Gasteiger charge is -2.30. The van der Waals surface area contributed by atoms with Gasteiger partial charge in [-0.25, -0.2) is 0 Å². The van der Waals surface area contributed by atoms with E-state index in [4.69, 9.17) is 11.6 Å². The molecule has 1 aliphatic heterocycles. The van der Waals surface area contributed by atoms with Gasteiger partial charge in [0.05, 0.1) is 5.69 Å². The van der Waals surface area contributed by atoms with Crippen molar-refractivity contribution >= 4 is 45.8 Å². The van der Waals surface area contributed by atoms with E-state index in [0.29, 0.717) is 22.8 Å². The quantitative estimate of drug-likeness (QED) is 0.592. The predicted molar refractivity (Wildman–Crippen MR) is 126 cm³/mol. The molecule has 1 N–H and O–H groups in total. The van der Waals surface area contributed by atoms with E-state index in [-0.39, 0.29) is 30.8 Å². The number of halogens is 1. The van der Waals surface area contributed by atoms with Crippen molar-refractivity contribution in [2.75, 3.05) is 18.0 Å². The predicted octanol–water partition coefficient (Wildman–Crippen LogP) is 4.01. The maximum absolute atomic E-state index is 13.5. The number of hydrogen-bond donors (Lipinski definition) is 1. The number of nitrogens with one attached hydrogen (secondary N) is 1. The van der Waals surface area contributed by atoms with Crippen LogP contribution in [0.25, 0.3) is 10.8 Å². The number of benzene rings is 3. The maximum atomic E-state index is 13.5. The first-order valence-corrected chi connectivity index (χ1v) is 10.9. The van der Waals surface area contributed by atoms with Crippen LogP contribution in [-0.2, 0) is 16.1 Å². The summed E-state index contributed by atoms with van der Waals surface area (Å²) in [6, 6.07) is 17.7. The minimum atomic E-state index is -0.727. The molecule has 164 valence electrons.